The van der Waals surface area contributed by atoms with Crippen LogP contribution in [0.2, 0.25) is 0 Å². The number of nitrogens with zero attached hydrogens (tertiary/aromatic N) is 2. The third-order valence-electron chi connectivity index (χ3n) is 10.6. The van der Waals surface area contributed by atoms with Gasteiger partial charge in [-0.2, -0.15) is 0 Å². The SMILES string of the molecule is c1ccc(-c2ccc(N(c3ccc4c5ccccc5n(-c5ccccc5)c4c3)c3cc(-c4ccccc4)ccc3-c3cccc4ccccc34)cc2)cc1. The second kappa shape index (κ2) is 13.4. The van der Waals surface area contributed by atoms with Crippen LogP contribution in [-0.4, -0.2) is 4.57 Å². The summed E-state index contributed by atoms with van der Waals surface area (Å²) in [4.78, 5) is 2.45. The molecule has 54 heavy (non-hydrogen) atoms. The number of hydrogen-bond donors (Lipinski definition) is 0. The predicted octanol–water partition coefficient (Wildman–Crippen LogP) is 14.4. The van der Waals surface area contributed by atoms with Gasteiger partial charge in [0.1, 0.15) is 0 Å². The molecule has 0 atom stereocenters. The van der Waals surface area contributed by atoms with E-state index >= 15 is 0 Å². The summed E-state index contributed by atoms with van der Waals surface area (Å²) in [6.07, 6.45) is 0. The van der Waals surface area contributed by atoms with Gasteiger partial charge in [-0.3, -0.25) is 0 Å². The molecule has 0 amide bonds. The lowest BCUT2D eigenvalue weighted by Crippen LogP contribution is -2.12. The van der Waals surface area contributed by atoms with Gasteiger partial charge in [0.25, 0.3) is 0 Å². The Bertz CT molecular complexity index is 2900. The normalized spacial score (nSPS) is 11.3. The maximum Gasteiger partial charge on any atom is 0.0561 e. The van der Waals surface area contributed by atoms with Crippen LogP contribution in [-0.2, 0) is 0 Å². The van der Waals surface area contributed by atoms with Gasteiger partial charge in [0.05, 0.1) is 16.7 Å². The molecule has 0 radical (unpaired) electrons. The summed E-state index contributed by atoms with van der Waals surface area (Å²) < 4.78 is 2.40. The van der Waals surface area contributed by atoms with E-state index in [1.54, 1.807) is 0 Å². The first-order valence-electron chi connectivity index (χ1n) is 18.5. The summed E-state index contributed by atoms with van der Waals surface area (Å²) in [6, 6.07) is 79.0. The molecule has 0 aliphatic rings. The molecule has 2 heteroatoms. The van der Waals surface area contributed by atoms with Gasteiger partial charge in [-0.25, -0.2) is 0 Å². The number of benzene rings is 9. The smallest absolute Gasteiger partial charge is 0.0561 e. The first-order valence-corrected chi connectivity index (χ1v) is 18.5. The van der Waals surface area contributed by atoms with E-state index in [2.05, 4.69) is 228 Å². The van der Waals surface area contributed by atoms with Crippen molar-refractivity contribution in [2.24, 2.45) is 0 Å². The van der Waals surface area contributed by atoms with Crippen LogP contribution in [0.1, 0.15) is 0 Å². The van der Waals surface area contributed by atoms with Gasteiger partial charge in [-0.05, 0) is 87.1 Å². The molecule has 0 N–H and O–H groups in total. The molecule has 0 fully saturated rings. The van der Waals surface area contributed by atoms with Gasteiger partial charge in [-0.1, -0.05) is 170 Å². The fraction of sp³-hybridized carbons (Fsp3) is 0. The van der Waals surface area contributed by atoms with Gasteiger partial charge in [-0.15, -0.1) is 0 Å². The molecule has 0 unspecified atom stereocenters. The molecule has 254 valence electrons. The molecular weight excluding hydrogens is 653 g/mol. The Morgan fingerprint density at radius 2 is 0.870 bits per heavy atom. The fourth-order valence-corrected chi connectivity index (χ4v) is 8.03. The first-order chi connectivity index (χ1) is 26.8. The molecule has 0 saturated heterocycles. The standard InChI is InChI=1S/C52H36N2/c1-4-15-37(16-5-1)39-27-30-43(31-28-39)53(44-32-34-49-47-24-12-13-26-50(47)54(52(49)36-44)42-21-8-3-9-22-42)51-35-41(38-17-6-2-7-18-38)29-33-48(51)46-25-14-20-40-19-10-11-23-45(40)46/h1-36H. The van der Waals surface area contributed by atoms with Crippen molar-refractivity contribution in [3.8, 4) is 39.1 Å². The minimum Gasteiger partial charge on any atom is -0.310 e. The van der Waals surface area contributed by atoms with E-state index < -0.39 is 0 Å². The van der Waals surface area contributed by atoms with E-state index in [0.29, 0.717) is 0 Å². The van der Waals surface area contributed by atoms with Crippen LogP contribution in [0, 0.1) is 0 Å². The molecule has 2 nitrogen and oxygen atoms in total. The predicted molar refractivity (Wildman–Crippen MR) is 229 cm³/mol. The summed E-state index contributed by atoms with van der Waals surface area (Å²) in [5.41, 5.74) is 13.9. The zero-order valence-corrected chi connectivity index (χ0v) is 29.7. The average molecular weight is 689 g/mol. The van der Waals surface area contributed by atoms with Crippen molar-refractivity contribution in [3.63, 3.8) is 0 Å². The Balaban J connectivity index is 1.27. The highest BCUT2D eigenvalue weighted by Crippen LogP contribution is 2.46. The second-order valence-corrected chi connectivity index (χ2v) is 13.8. The zero-order valence-electron chi connectivity index (χ0n) is 29.7. The number of para-hydroxylation sites is 2. The van der Waals surface area contributed by atoms with Gasteiger partial charge in [0, 0.05) is 33.4 Å². The summed E-state index contributed by atoms with van der Waals surface area (Å²) in [5.74, 6) is 0. The molecule has 1 aromatic heterocycles. The molecule has 0 aliphatic carbocycles. The molecule has 10 aromatic rings. The average Bonchev–Trinajstić information content (AvgIpc) is 3.58. The van der Waals surface area contributed by atoms with E-state index in [9.17, 15) is 0 Å². The van der Waals surface area contributed by atoms with Crippen molar-refractivity contribution in [3.05, 3.63) is 218 Å². The molecule has 0 bridgehead atoms. The van der Waals surface area contributed by atoms with Crippen molar-refractivity contribution < 1.29 is 0 Å². The molecule has 0 spiro atoms. The second-order valence-electron chi connectivity index (χ2n) is 13.8. The molecule has 1 heterocycles. The van der Waals surface area contributed by atoms with Crippen molar-refractivity contribution in [1.29, 1.82) is 0 Å². The Hall–Kier alpha value is -7.16. The molecule has 9 aromatic carbocycles. The summed E-state index contributed by atoms with van der Waals surface area (Å²) in [5, 5.41) is 4.92. The maximum absolute atomic E-state index is 2.45. The summed E-state index contributed by atoms with van der Waals surface area (Å²) in [6.45, 7) is 0. The lowest BCUT2D eigenvalue weighted by molar-refractivity contribution is 1.18. The van der Waals surface area contributed by atoms with Gasteiger partial charge >= 0.3 is 0 Å². The molecule has 0 saturated carbocycles. The van der Waals surface area contributed by atoms with Crippen LogP contribution < -0.4 is 4.90 Å². The molecule has 0 aliphatic heterocycles. The van der Waals surface area contributed by atoms with Crippen LogP contribution >= 0.6 is 0 Å². The Morgan fingerprint density at radius 3 is 1.63 bits per heavy atom. The van der Waals surface area contributed by atoms with E-state index in [1.807, 2.05) is 0 Å². The van der Waals surface area contributed by atoms with E-state index in [-0.39, 0.29) is 0 Å². The van der Waals surface area contributed by atoms with Gasteiger partial charge < -0.3 is 9.47 Å². The van der Waals surface area contributed by atoms with Crippen molar-refractivity contribution in [2.45, 2.75) is 0 Å². The highest BCUT2D eigenvalue weighted by Gasteiger charge is 2.22. The maximum atomic E-state index is 2.45. The number of anilines is 3. The van der Waals surface area contributed by atoms with Crippen molar-refractivity contribution >= 4 is 49.6 Å². The fourth-order valence-electron chi connectivity index (χ4n) is 8.03. The topological polar surface area (TPSA) is 8.17 Å². The number of fused-ring (bicyclic) bond motifs is 4. The largest absolute Gasteiger partial charge is 0.310 e. The summed E-state index contributed by atoms with van der Waals surface area (Å²) in [7, 11) is 0. The van der Waals surface area contributed by atoms with E-state index in [0.717, 1.165) is 28.3 Å². The minimum atomic E-state index is 1.08. The van der Waals surface area contributed by atoms with E-state index in [1.165, 1.54) is 60.4 Å². The third-order valence-corrected chi connectivity index (χ3v) is 10.6. The van der Waals surface area contributed by atoms with Crippen LogP contribution in [0.5, 0.6) is 0 Å². The number of rotatable bonds is 7. The lowest BCUT2D eigenvalue weighted by atomic mass is 9.93. The highest BCUT2D eigenvalue weighted by atomic mass is 15.1. The number of aromatic nitrogens is 1. The van der Waals surface area contributed by atoms with Gasteiger partial charge in [0.2, 0.25) is 0 Å². The molecule has 10 rings (SSSR count). The monoisotopic (exact) mass is 688 g/mol. The first kappa shape index (κ1) is 31.6. The van der Waals surface area contributed by atoms with Crippen LogP contribution in [0.15, 0.2) is 218 Å². The summed E-state index contributed by atoms with van der Waals surface area (Å²) >= 11 is 0. The van der Waals surface area contributed by atoms with Crippen molar-refractivity contribution in [2.75, 3.05) is 4.90 Å². The van der Waals surface area contributed by atoms with Gasteiger partial charge in [0.15, 0.2) is 0 Å². The van der Waals surface area contributed by atoms with Crippen LogP contribution in [0.25, 0.3) is 71.6 Å². The Morgan fingerprint density at radius 1 is 0.315 bits per heavy atom. The lowest BCUT2D eigenvalue weighted by Gasteiger charge is -2.29. The number of hydrogen-bond acceptors (Lipinski definition) is 1. The minimum absolute atomic E-state index is 1.08. The third kappa shape index (κ3) is 5.53. The Labute approximate surface area is 315 Å². The van der Waals surface area contributed by atoms with Crippen LogP contribution in [0.3, 0.4) is 0 Å². The van der Waals surface area contributed by atoms with Crippen molar-refractivity contribution in [1.82, 2.24) is 4.57 Å². The quantitative estimate of drug-likeness (QED) is 0.162. The Kier molecular flexibility index (Phi) is 7.85. The van der Waals surface area contributed by atoms with E-state index in [4.69, 9.17) is 0 Å². The zero-order chi connectivity index (χ0) is 35.8. The van der Waals surface area contributed by atoms with Crippen LogP contribution in [0.4, 0.5) is 17.1 Å². The molecular formula is C52H36N2. The highest BCUT2D eigenvalue weighted by molar-refractivity contribution is 6.11.